The van der Waals surface area contributed by atoms with E-state index in [1.165, 1.54) is 16.2 Å². The minimum atomic E-state index is -0.794. The summed E-state index contributed by atoms with van der Waals surface area (Å²) in [5.41, 5.74) is 2.18. The van der Waals surface area contributed by atoms with Crippen molar-refractivity contribution < 1.29 is 19.4 Å². The average Bonchev–Trinajstić information content (AvgIpc) is 3.43. The molecule has 0 radical (unpaired) electrons. The van der Waals surface area contributed by atoms with Crippen molar-refractivity contribution in [1.82, 2.24) is 10.2 Å². The van der Waals surface area contributed by atoms with E-state index >= 15 is 0 Å². The number of benzene rings is 2. The van der Waals surface area contributed by atoms with Crippen LogP contribution in [0.4, 0.5) is 5.13 Å². The Labute approximate surface area is 182 Å². The highest BCUT2D eigenvalue weighted by atomic mass is 32.1. The molecule has 1 aromatic heterocycles. The second-order valence-corrected chi connectivity index (χ2v) is 8.80. The van der Waals surface area contributed by atoms with E-state index in [1.54, 1.807) is 19.1 Å². The first kappa shape index (κ1) is 19.4. The van der Waals surface area contributed by atoms with Crippen LogP contribution in [-0.4, -0.2) is 33.1 Å². The molecule has 1 saturated heterocycles. The first-order valence-corrected chi connectivity index (χ1v) is 10.7. The second-order valence-electron chi connectivity index (χ2n) is 7.64. The highest BCUT2D eigenvalue weighted by molar-refractivity contribution is 7.15. The third-order valence-corrected chi connectivity index (χ3v) is 6.29. The summed E-state index contributed by atoms with van der Waals surface area (Å²) in [5.74, 6) is -0.916. The molecule has 1 amide bonds. The van der Waals surface area contributed by atoms with Gasteiger partial charge in [-0.2, -0.15) is 0 Å². The molecule has 1 N–H and O–H groups in total. The average molecular weight is 433 g/mol. The number of nitrogens with zero attached hydrogens (tertiary/aromatic N) is 3. The normalized spacial score (nSPS) is 21.9. The quantitative estimate of drug-likeness (QED) is 0.384. The van der Waals surface area contributed by atoms with Crippen molar-refractivity contribution in [3.05, 3.63) is 75.8 Å². The molecule has 3 aromatic rings. The summed E-state index contributed by atoms with van der Waals surface area (Å²) in [6, 6.07) is 13.7. The van der Waals surface area contributed by atoms with Crippen LogP contribution in [0, 0.1) is 6.92 Å². The Hall–Kier alpha value is -3.52. The number of rotatable bonds is 3. The number of anilines is 1. The number of aryl methyl sites for hydroxylation is 1. The third-order valence-electron chi connectivity index (χ3n) is 5.45. The van der Waals surface area contributed by atoms with Gasteiger partial charge < -0.3 is 9.84 Å². The minimum Gasteiger partial charge on any atom is -0.507 e. The number of aliphatic hydroxyl groups excluding tert-OH is 1. The lowest BCUT2D eigenvalue weighted by molar-refractivity contribution is -0.132. The monoisotopic (exact) mass is 433 g/mol. The molecular formula is C23H19N3O4S. The largest absolute Gasteiger partial charge is 0.507 e. The molecule has 0 aliphatic carbocycles. The molecule has 2 atom stereocenters. The Balaban J connectivity index is 1.68. The van der Waals surface area contributed by atoms with Crippen molar-refractivity contribution in [1.29, 1.82) is 0 Å². The lowest BCUT2D eigenvalue weighted by Gasteiger charge is -2.22. The van der Waals surface area contributed by atoms with Gasteiger partial charge in [-0.15, -0.1) is 10.2 Å². The standard InChI is InChI=1S/C23H19N3O4S/c1-12-10-16-11-15(8-9-17(16)30-12)20(27)18-19(14-6-4-3-5-7-14)26(22(29)21(18)28)23-25-24-13(2)31-23/h3-9,11-12,19,27H,10H2,1-2H3/t12-,19-/m0/s1. The molecular weight excluding hydrogens is 414 g/mol. The molecule has 5 rings (SSSR count). The maximum absolute atomic E-state index is 13.1. The van der Waals surface area contributed by atoms with Crippen LogP contribution in [-0.2, 0) is 16.0 Å². The lowest BCUT2D eigenvalue weighted by atomic mass is 9.94. The SMILES string of the molecule is Cc1nnc(N2C(=O)C(=O)C(=C(O)c3ccc4c(c3)C[C@H](C)O4)[C@@H]2c2ccccc2)s1. The summed E-state index contributed by atoms with van der Waals surface area (Å²) in [6.07, 6.45) is 0.777. The maximum atomic E-state index is 13.1. The number of ether oxygens (including phenoxy) is 1. The zero-order chi connectivity index (χ0) is 21.7. The van der Waals surface area contributed by atoms with Crippen LogP contribution in [0.15, 0.2) is 54.1 Å². The van der Waals surface area contributed by atoms with Crippen molar-refractivity contribution in [2.45, 2.75) is 32.4 Å². The predicted octanol–water partition coefficient (Wildman–Crippen LogP) is 3.80. The van der Waals surface area contributed by atoms with Crippen LogP contribution in [0.2, 0.25) is 0 Å². The van der Waals surface area contributed by atoms with E-state index in [0.29, 0.717) is 21.3 Å². The highest BCUT2D eigenvalue weighted by Gasteiger charge is 2.48. The number of aromatic nitrogens is 2. The van der Waals surface area contributed by atoms with Crippen molar-refractivity contribution in [2.75, 3.05) is 4.90 Å². The van der Waals surface area contributed by atoms with E-state index in [-0.39, 0.29) is 17.4 Å². The van der Waals surface area contributed by atoms with Crippen molar-refractivity contribution in [3.8, 4) is 5.75 Å². The van der Waals surface area contributed by atoms with Gasteiger partial charge in [-0.3, -0.25) is 14.5 Å². The van der Waals surface area contributed by atoms with E-state index in [0.717, 1.165) is 17.7 Å². The number of carbonyl (C=O) groups is 2. The molecule has 7 nitrogen and oxygen atoms in total. The molecule has 0 unspecified atom stereocenters. The summed E-state index contributed by atoms with van der Waals surface area (Å²) in [6.45, 7) is 3.76. The van der Waals surface area contributed by atoms with Gasteiger partial charge in [0.25, 0.3) is 5.78 Å². The van der Waals surface area contributed by atoms with Crippen LogP contribution in [0.3, 0.4) is 0 Å². The Morgan fingerprint density at radius 3 is 2.65 bits per heavy atom. The van der Waals surface area contributed by atoms with Gasteiger partial charge in [-0.25, -0.2) is 0 Å². The molecule has 8 heteroatoms. The zero-order valence-corrected chi connectivity index (χ0v) is 17.7. The van der Waals surface area contributed by atoms with Crippen LogP contribution >= 0.6 is 11.3 Å². The number of ketones is 1. The minimum absolute atomic E-state index is 0.0379. The first-order chi connectivity index (χ1) is 14.9. The Morgan fingerprint density at radius 1 is 1.16 bits per heavy atom. The molecule has 2 aliphatic rings. The van der Waals surface area contributed by atoms with Gasteiger partial charge in [0.2, 0.25) is 5.13 Å². The molecule has 0 saturated carbocycles. The second kappa shape index (κ2) is 7.31. The molecule has 2 aromatic carbocycles. The van der Waals surface area contributed by atoms with Crippen LogP contribution in [0.1, 0.15) is 34.7 Å². The van der Waals surface area contributed by atoms with Crippen LogP contribution < -0.4 is 9.64 Å². The number of fused-ring (bicyclic) bond motifs is 1. The van der Waals surface area contributed by atoms with Gasteiger partial charge in [0.05, 0.1) is 11.6 Å². The van der Waals surface area contributed by atoms with Crippen LogP contribution in [0.25, 0.3) is 5.76 Å². The van der Waals surface area contributed by atoms with Crippen molar-refractivity contribution >= 4 is 33.9 Å². The molecule has 0 bridgehead atoms. The number of hydrogen-bond donors (Lipinski definition) is 1. The van der Waals surface area contributed by atoms with E-state index < -0.39 is 17.7 Å². The summed E-state index contributed by atoms with van der Waals surface area (Å²) < 4.78 is 5.73. The fourth-order valence-corrected chi connectivity index (χ4v) is 4.80. The Morgan fingerprint density at radius 2 is 1.94 bits per heavy atom. The molecule has 1 fully saturated rings. The van der Waals surface area contributed by atoms with Gasteiger partial charge in [0.15, 0.2) is 0 Å². The number of carbonyl (C=O) groups excluding carboxylic acids is 2. The van der Waals surface area contributed by atoms with Gasteiger partial charge in [-0.1, -0.05) is 41.7 Å². The Bertz CT molecular complexity index is 1230. The maximum Gasteiger partial charge on any atom is 0.301 e. The van der Waals surface area contributed by atoms with E-state index in [2.05, 4.69) is 10.2 Å². The van der Waals surface area contributed by atoms with Gasteiger partial charge in [-0.05, 0) is 43.2 Å². The summed E-state index contributed by atoms with van der Waals surface area (Å²) in [4.78, 5) is 27.5. The predicted molar refractivity (Wildman–Crippen MR) is 116 cm³/mol. The van der Waals surface area contributed by atoms with Gasteiger partial charge in [0, 0.05) is 12.0 Å². The van der Waals surface area contributed by atoms with Crippen LogP contribution in [0.5, 0.6) is 5.75 Å². The van der Waals surface area contributed by atoms with Gasteiger partial charge in [0.1, 0.15) is 22.6 Å². The first-order valence-electron chi connectivity index (χ1n) is 9.90. The van der Waals surface area contributed by atoms with Crippen molar-refractivity contribution in [2.24, 2.45) is 0 Å². The number of aliphatic hydroxyl groups is 1. The Kier molecular flexibility index (Phi) is 4.59. The number of Topliss-reactive ketones (excluding diaryl/α,β-unsaturated/α-hetero) is 1. The number of hydrogen-bond acceptors (Lipinski definition) is 7. The highest BCUT2D eigenvalue weighted by Crippen LogP contribution is 2.43. The lowest BCUT2D eigenvalue weighted by Crippen LogP contribution is -2.29. The van der Waals surface area contributed by atoms with Gasteiger partial charge >= 0.3 is 5.91 Å². The fourth-order valence-electron chi connectivity index (χ4n) is 4.09. The van der Waals surface area contributed by atoms with E-state index in [4.69, 9.17) is 4.74 Å². The summed E-state index contributed by atoms with van der Waals surface area (Å²) in [5, 5.41) is 20.3. The zero-order valence-electron chi connectivity index (χ0n) is 16.9. The van der Waals surface area contributed by atoms with Crippen molar-refractivity contribution in [3.63, 3.8) is 0 Å². The molecule has 156 valence electrons. The molecule has 31 heavy (non-hydrogen) atoms. The molecule has 3 heterocycles. The fraction of sp³-hybridized carbons (Fsp3) is 0.217. The summed E-state index contributed by atoms with van der Waals surface area (Å²) >= 11 is 1.23. The van der Waals surface area contributed by atoms with E-state index in [1.807, 2.05) is 43.3 Å². The number of amides is 1. The topological polar surface area (TPSA) is 92.6 Å². The third kappa shape index (κ3) is 3.19. The molecule has 2 aliphatic heterocycles. The molecule has 0 spiro atoms. The van der Waals surface area contributed by atoms with E-state index in [9.17, 15) is 14.7 Å². The summed E-state index contributed by atoms with van der Waals surface area (Å²) in [7, 11) is 0. The smallest absolute Gasteiger partial charge is 0.301 e.